The van der Waals surface area contributed by atoms with Crippen molar-refractivity contribution in [2.24, 2.45) is 23.7 Å². The summed E-state index contributed by atoms with van der Waals surface area (Å²) in [7, 11) is 0. The molecule has 0 amide bonds. The van der Waals surface area contributed by atoms with Gasteiger partial charge in [-0.15, -0.1) is 0 Å². The SMILES string of the molecule is CC(C)CCCCCCOC(=O)C1C(C)C=CCC1C(=O)OCc1ccccc1. The summed E-state index contributed by atoms with van der Waals surface area (Å²) in [5.74, 6) is -0.823. The second kappa shape index (κ2) is 12.5. The summed E-state index contributed by atoms with van der Waals surface area (Å²) in [6.07, 6.45) is 10.1. The van der Waals surface area contributed by atoms with Crippen LogP contribution >= 0.6 is 0 Å². The molecule has 0 aromatic heterocycles. The number of ether oxygens (including phenoxy) is 2. The Morgan fingerprint density at radius 1 is 1.00 bits per heavy atom. The van der Waals surface area contributed by atoms with Crippen molar-refractivity contribution in [3.8, 4) is 0 Å². The topological polar surface area (TPSA) is 52.6 Å². The Morgan fingerprint density at radius 3 is 2.45 bits per heavy atom. The van der Waals surface area contributed by atoms with Gasteiger partial charge in [-0.3, -0.25) is 9.59 Å². The molecule has 0 aliphatic heterocycles. The van der Waals surface area contributed by atoms with E-state index in [2.05, 4.69) is 13.8 Å². The Hall–Kier alpha value is -2.10. The molecule has 0 radical (unpaired) electrons. The molecule has 3 atom stereocenters. The van der Waals surface area contributed by atoms with Gasteiger partial charge < -0.3 is 9.47 Å². The van der Waals surface area contributed by atoms with Gasteiger partial charge in [-0.1, -0.05) is 88.9 Å². The number of benzene rings is 1. The zero-order valence-corrected chi connectivity index (χ0v) is 18.1. The monoisotopic (exact) mass is 400 g/mol. The molecule has 29 heavy (non-hydrogen) atoms. The molecule has 0 saturated carbocycles. The number of hydrogen-bond acceptors (Lipinski definition) is 4. The van der Waals surface area contributed by atoms with Crippen LogP contribution in [-0.4, -0.2) is 18.5 Å². The lowest BCUT2D eigenvalue weighted by molar-refractivity contribution is -0.163. The predicted molar refractivity (Wildman–Crippen MR) is 115 cm³/mol. The minimum atomic E-state index is -0.475. The van der Waals surface area contributed by atoms with Crippen molar-refractivity contribution in [1.82, 2.24) is 0 Å². The fourth-order valence-corrected chi connectivity index (χ4v) is 3.81. The first-order valence-corrected chi connectivity index (χ1v) is 11.0. The molecule has 1 aliphatic rings. The number of allylic oxidation sites excluding steroid dienone is 2. The lowest BCUT2D eigenvalue weighted by Gasteiger charge is -2.30. The van der Waals surface area contributed by atoms with Crippen molar-refractivity contribution >= 4 is 11.9 Å². The highest BCUT2D eigenvalue weighted by molar-refractivity contribution is 5.83. The molecule has 0 spiro atoms. The van der Waals surface area contributed by atoms with E-state index >= 15 is 0 Å². The van der Waals surface area contributed by atoms with E-state index in [-0.39, 0.29) is 24.5 Å². The van der Waals surface area contributed by atoms with Gasteiger partial charge in [0.1, 0.15) is 6.61 Å². The Kier molecular flexibility index (Phi) is 9.96. The maximum Gasteiger partial charge on any atom is 0.310 e. The minimum absolute atomic E-state index is 0.0310. The van der Waals surface area contributed by atoms with Crippen LogP contribution in [0.1, 0.15) is 64.9 Å². The number of rotatable bonds is 11. The van der Waals surface area contributed by atoms with Crippen molar-refractivity contribution < 1.29 is 19.1 Å². The van der Waals surface area contributed by atoms with Gasteiger partial charge in [0.25, 0.3) is 0 Å². The molecule has 3 unspecified atom stereocenters. The number of hydrogen-bond donors (Lipinski definition) is 0. The lowest BCUT2D eigenvalue weighted by atomic mass is 9.76. The summed E-state index contributed by atoms with van der Waals surface area (Å²) in [6.45, 7) is 7.10. The highest BCUT2D eigenvalue weighted by Crippen LogP contribution is 2.32. The Balaban J connectivity index is 1.79. The summed E-state index contributed by atoms with van der Waals surface area (Å²) < 4.78 is 11.0. The van der Waals surface area contributed by atoms with Gasteiger partial charge in [-0.2, -0.15) is 0 Å². The van der Waals surface area contributed by atoms with Crippen LogP contribution < -0.4 is 0 Å². The Labute approximate surface area is 175 Å². The van der Waals surface area contributed by atoms with E-state index in [0.717, 1.165) is 24.3 Å². The zero-order chi connectivity index (χ0) is 21.1. The fraction of sp³-hybridized carbons (Fsp3) is 0.600. The number of carbonyl (C=O) groups excluding carboxylic acids is 2. The van der Waals surface area contributed by atoms with Crippen LogP contribution in [0.4, 0.5) is 0 Å². The Morgan fingerprint density at radius 2 is 1.72 bits per heavy atom. The lowest BCUT2D eigenvalue weighted by Crippen LogP contribution is -2.37. The molecule has 2 rings (SSSR count). The van der Waals surface area contributed by atoms with Crippen LogP contribution in [-0.2, 0) is 25.7 Å². The molecule has 1 aromatic carbocycles. The molecule has 4 heteroatoms. The van der Waals surface area contributed by atoms with Crippen molar-refractivity contribution in [1.29, 1.82) is 0 Å². The third-order valence-electron chi connectivity index (χ3n) is 5.55. The average molecular weight is 401 g/mol. The second-order valence-corrected chi connectivity index (χ2v) is 8.51. The maximum absolute atomic E-state index is 12.7. The van der Waals surface area contributed by atoms with Crippen molar-refractivity contribution in [3.63, 3.8) is 0 Å². The van der Waals surface area contributed by atoms with Crippen LogP contribution in [0.15, 0.2) is 42.5 Å². The van der Waals surface area contributed by atoms with Gasteiger partial charge in [0, 0.05) is 0 Å². The second-order valence-electron chi connectivity index (χ2n) is 8.51. The molecule has 1 aromatic rings. The molecule has 0 bridgehead atoms. The van der Waals surface area contributed by atoms with E-state index in [9.17, 15) is 9.59 Å². The predicted octanol–water partition coefficient (Wildman–Crippen LogP) is 5.71. The first-order chi connectivity index (χ1) is 14.0. The highest BCUT2D eigenvalue weighted by Gasteiger charge is 2.40. The summed E-state index contributed by atoms with van der Waals surface area (Å²) in [5.41, 5.74) is 0.942. The fourth-order valence-electron chi connectivity index (χ4n) is 3.81. The normalized spacial score (nSPS) is 21.2. The van der Waals surface area contributed by atoms with Crippen LogP contribution in [0.5, 0.6) is 0 Å². The average Bonchev–Trinajstić information content (AvgIpc) is 2.71. The molecular formula is C25H36O4. The van der Waals surface area contributed by atoms with Crippen molar-refractivity contribution in [2.45, 2.75) is 65.9 Å². The quantitative estimate of drug-likeness (QED) is 0.271. The molecule has 0 N–H and O–H groups in total. The number of unbranched alkanes of at least 4 members (excludes halogenated alkanes) is 3. The first-order valence-electron chi connectivity index (χ1n) is 11.0. The van der Waals surface area contributed by atoms with Crippen molar-refractivity contribution in [2.75, 3.05) is 6.61 Å². The number of esters is 2. The Bertz CT molecular complexity index is 650. The molecular weight excluding hydrogens is 364 g/mol. The summed E-state index contributed by atoms with van der Waals surface area (Å²) >= 11 is 0. The smallest absolute Gasteiger partial charge is 0.310 e. The van der Waals surface area contributed by atoms with E-state index in [4.69, 9.17) is 9.47 Å². The van der Waals surface area contributed by atoms with Gasteiger partial charge in [0.2, 0.25) is 0 Å². The number of carbonyl (C=O) groups is 2. The minimum Gasteiger partial charge on any atom is -0.465 e. The first kappa shape index (κ1) is 23.2. The van der Waals surface area contributed by atoms with E-state index in [1.807, 2.05) is 49.4 Å². The van der Waals surface area contributed by atoms with Gasteiger partial charge in [0.05, 0.1) is 18.4 Å². The van der Waals surface area contributed by atoms with Crippen LogP contribution in [0.2, 0.25) is 0 Å². The summed E-state index contributed by atoms with van der Waals surface area (Å²) in [6, 6.07) is 9.59. The molecule has 0 fully saturated rings. The van der Waals surface area contributed by atoms with Gasteiger partial charge >= 0.3 is 11.9 Å². The molecule has 0 saturated heterocycles. The third kappa shape index (κ3) is 8.04. The molecule has 160 valence electrons. The summed E-state index contributed by atoms with van der Waals surface area (Å²) in [5, 5.41) is 0. The van der Waals surface area contributed by atoms with E-state index in [1.54, 1.807) is 0 Å². The van der Waals surface area contributed by atoms with E-state index in [0.29, 0.717) is 13.0 Å². The largest absolute Gasteiger partial charge is 0.465 e. The molecule has 4 nitrogen and oxygen atoms in total. The van der Waals surface area contributed by atoms with Gasteiger partial charge in [0.15, 0.2) is 0 Å². The van der Waals surface area contributed by atoms with Gasteiger partial charge in [-0.25, -0.2) is 0 Å². The van der Waals surface area contributed by atoms with Crippen LogP contribution in [0.3, 0.4) is 0 Å². The third-order valence-corrected chi connectivity index (χ3v) is 5.55. The molecule has 1 aliphatic carbocycles. The summed E-state index contributed by atoms with van der Waals surface area (Å²) in [4.78, 5) is 25.4. The van der Waals surface area contributed by atoms with Crippen LogP contribution in [0, 0.1) is 23.7 Å². The van der Waals surface area contributed by atoms with Crippen LogP contribution in [0.25, 0.3) is 0 Å². The molecule has 0 heterocycles. The zero-order valence-electron chi connectivity index (χ0n) is 18.1. The highest BCUT2D eigenvalue weighted by atomic mass is 16.5. The maximum atomic E-state index is 12.7. The van der Waals surface area contributed by atoms with E-state index in [1.165, 1.54) is 19.3 Å². The standard InChI is InChI=1S/C25H36O4/c1-19(2)12-7-4-5-10-17-28-25(27)23-20(3)13-11-16-22(23)24(26)29-18-21-14-8-6-9-15-21/h6,8-9,11,13-15,19-20,22-23H,4-5,7,10,12,16-18H2,1-3H3. The van der Waals surface area contributed by atoms with Gasteiger partial charge in [-0.05, 0) is 30.2 Å². The van der Waals surface area contributed by atoms with Crippen molar-refractivity contribution in [3.05, 3.63) is 48.0 Å². The van der Waals surface area contributed by atoms with E-state index < -0.39 is 11.8 Å².